The average Bonchev–Trinajstić information content (AvgIpc) is 2.77. The highest BCUT2D eigenvalue weighted by Gasteiger charge is 2.10. The number of hydrogen-bond donors (Lipinski definition) is 1. The first-order valence-corrected chi connectivity index (χ1v) is 7.01. The Hall–Kier alpha value is -1.39. The van der Waals surface area contributed by atoms with Gasteiger partial charge in [-0.25, -0.2) is 4.98 Å². The summed E-state index contributed by atoms with van der Waals surface area (Å²) < 4.78 is 5.62. The SMILES string of the molecule is CCOc1ccccc1-c1csc(CC(C)N)n1. The molecular formula is C14H18N2OS. The van der Waals surface area contributed by atoms with E-state index in [2.05, 4.69) is 10.4 Å². The van der Waals surface area contributed by atoms with E-state index in [0.717, 1.165) is 28.4 Å². The van der Waals surface area contributed by atoms with Crippen molar-refractivity contribution in [3.8, 4) is 17.0 Å². The van der Waals surface area contributed by atoms with Crippen LogP contribution in [0.15, 0.2) is 29.6 Å². The normalized spacial score (nSPS) is 12.4. The molecule has 0 spiro atoms. The molecule has 0 bridgehead atoms. The third-order valence-corrected chi connectivity index (χ3v) is 3.38. The quantitative estimate of drug-likeness (QED) is 0.900. The number of benzene rings is 1. The molecule has 4 heteroatoms. The van der Waals surface area contributed by atoms with E-state index in [1.165, 1.54) is 0 Å². The lowest BCUT2D eigenvalue weighted by Crippen LogP contribution is -2.17. The van der Waals surface area contributed by atoms with Crippen molar-refractivity contribution in [1.29, 1.82) is 0 Å². The highest BCUT2D eigenvalue weighted by atomic mass is 32.1. The maximum absolute atomic E-state index is 5.79. The summed E-state index contributed by atoms with van der Waals surface area (Å²) in [7, 11) is 0. The molecule has 0 aliphatic carbocycles. The maximum atomic E-state index is 5.79. The van der Waals surface area contributed by atoms with E-state index in [9.17, 15) is 0 Å². The van der Waals surface area contributed by atoms with Crippen molar-refractivity contribution in [2.75, 3.05) is 6.61 Å². The van der Waals surface area contributed by atoms with E-state index in [1.54, 1.807) is 11.3 Å². The molecule has 1 atom stereocenters. The van der Waals surface area contributed by atoms with Gasteiger partial charge in [-0.2, -0.15) is 0 Å². The van der Waals surface area contributed by atoms with E-state index in [4.69, 9.17) is 10.5 Å². The van der Waals surface area contributed by atoms with Gasteiger partial charge in [0.1, 0.15) is 5.75 Å². The number of nitrogens with zero attached hydrogens (tertiary/aromatic N) is 1. The lowest BCUT2D eigenvalue weighted by Gasteiger charge is -2.07. The van der Waals surface area contributed by atoms with Gasteiger partial charge in [0.15, 0.2) is 0 Å². The number of rotatable bonds is 5. The molecule has 1 aromatic carbocycles. The summed E-state index contributed by atoms with van der Waals surface area (Å²) in [6, 6.07) is 8.14. The molecule has 0 saturated heterocycles. The molecule has 0 radical (unpaired) electrons. The summed E-state index contributed by atoms with van der Waals surface area (Å²) in [4.78, 5) is 4.62. The summed E-state index contributed by atoms with van der Waals surface area (Å²) in [6.07, 6.45) is 0.821. The standard InChI is InChI=1S/C14H18N2OS/c1-3-17-13-7-5-4-6-11(13)12-9-18-14(16-12)8-10(2)15/h4-7,9-10H,3,8,15H2,1-2H3. The zero-order chi connectivity index (χ0) is 13.0. The van der Waals surface area contributed by atoms with Crippen molar-refractivity contribution in [3.63, 3.8) is 0 Å². The van der Waals surface area contributed by atoms with Gasteiger partial charge in [0.2, 0.25) is 0 Å². The van der Waals surface area contributed by atoms with Gasteiger partial charge in [-0.05, 0) is 26.0 Å². The van der Waals surface area contributed by atoms with Crippen molar-refractivity contribution in [3.05, 3.63) is 34.7 Å². The van der Waals surface area contributed by atoms with Gasteiger partial charge in [-0.15, -0.1) is 11.3 Å². The van der Waals surface area contributed by atoms with E-state index in [1.807, 2.05) is 38.1 Å². The zero-order valence-corrected chi connectivity index (χ0v) is 11.5. The molecule has 2 aromatic rings. The van der Waals surface area contributed by atoms with Crippen molar-refractivity contribution >= 4 is 11.3 Å². The van der Waals surface area contributed by atoms with Crippen molar-refractivity contribution < 1.29 is 4.74 Å². The maximum Gasteiger partial charge on any atom is 0.128 e. The number of hydrogen-bond acceptors (Lipinski definition) is 4. The summed E-state index contributed by atoms with van der Waals surface area (Å²) in [5, 5.41) is 3.14. The molecule has 0 saturated carbocycles. The van der Waals surface area contributed by atoms with Gasteiger partial charge < -0.3 is 10.5 Å². The second kappa shape index (κ2) is 5.98. The Morgan fingerprint density at radius 2 is 2.17 bits per heavy atom. The molecule has 96 valence electrons. The summed E-state index contributed by atoms with van der Waals surface area (Å²) in [5.41, 5.74) is 7.81. The lowest BCUT2D eigenvalue weighted by molar-refractivity contribution is 0.341. The first kappa shape index (κ1) is 13.1. The van der Waals surface area contributed by atoms with Crippen LogP contribution in [0.1, 0.15) is 18.9 Å². The fraction of sp³-hybridized carbons (Fsp3) is 0.357. The molecule has 1 unspecified atom stereocenters. The lowest BCUT2D eigenvalue weighted by atomic mass is 10.1. The van der Waals surface area contributed by atoms with Gasteiger partial charge in [0.05, 0.1) is 17.3 Å². The molecule has 0 aliphatic rings. The summed E-state index contributed by atoms with van der Waals surface area (Å²) >= 11 is 1.65. The Kier molecular flexibility index (Phi) is 4.33. The highest BCUT2D eigenvalue weighted by molar-refractivity contribution is 7.09. The number of ether oxygens (including phenoxy) is 1. The monoisotopic (exact) mass is 262 g/mol. The van der Waals surface area contributed by atoms with Crippen LogP contribution in [-0.4, -0.2) is 17.6 Å². The molecule has 18 heavy (non-hydrogen) atoms. The second-order valence-corrected chi connectivity index (χ2v) is 5.18. The molecule has 1 aromatic heterocycles. The molecule has 0 amide bonds. The van der Waals surface area contributed by atoms with Gasteiger partial charge in [0.25, 0.3) is 0 Å². The highest BCUT2D eigenvalue weighted by Crippen LogP contribution is 2.30. The largest absolute Gasteiger partial charge is 0.493 e. The smallest absolute Gasteiger partial charge is 0.128 e. The molecule has 1 heterocycles. The van der Waals surface area contributed by atoms with Crippen LogP contribution in [0.3, 0.4) is 0 Å². The molecular weight excluding hydrogens is 244 g/mol. The molecule has 0 fully saturated rings. The predicted octanol–water partition coefficient (Wildman–Crippen LogP) is 3.10. The van der Waals surface area contributed by atoms with Crippen molar-refractivity contribution in [2.45, 2.75) is 26.3 Å². The molecule has 2 N–H and O–H groups in total. The first-order chi connectivity index (χ1) is 8.70. The minimum absolute atomic E-state index is 0.145. The zero-order valence-electron chi connectivity index (χ0n) is 10.7. The minimum atomic E-state index is 0.145. The van der Waals surface area contributed by atoms with Gasteiger partial charge in [-0.1, -0.05) is 12.1 Å². The van der Waals surface area contributed by atoms with Crippen LogP contribution < -0.4 is 10.5 Å². The number of nitrogens with two attached hydrogens (primary N) is 1. The second-order valence-electron chi connectivity index (χ2n) is 4.24. The third-order valence-electron chi connectivity index (χ3n) is 2.51. The fourth-order valence-electron chi connectivity index (χ4n) is 1.76. The van der Waals surface area contributed by atoms with Crippen LogP contribution in [-0.2, 0) is 6.42 Å². The van der Waals surface area contributed by atoms with Crippen LogP contribution in [0, 0.1) is 0 Å². The van der Waals surface area contributed by atoms with Crippen LogP contribution in [0.5, 0.6) is 5.75 Å². The van der Waals surface area contributed by atoms with E-state index in [-0.39, 0.29) is 6.04 Å². The average molecular weight is 262 g/mol. The van der Waals surface area contributed by atoms with Crippen LogP contribution in [0.2, 0.25) is 0 Å². The molecule has 2 rings (SSSR count). The van der Waals surface area contributed by atoms with Gasteiger partial charge >= 0.3 is 0 Å². The Bertz CT molecular complexity index is 508. The van der Waals surface area contributed by atoms with Crippen LogP contribution in [0.25, 0.3) is 11.3 Å². The topological polar surface area (TPSA) is 48.1 Å². The predicted molar refractivity (Wildman–Crippen MR) is 76.1 cm³/mol. The Labute approximate surface area is 112 Å². The number of aromatic nitrogens is 1. The summed E-state index contributed by atoms with van der Waals surface area (Å²) in [5.74, 6) is 0.887. The van der Waals surface area contributed by atoms with Gasteiger partial charge in [0, 0.05) is 23.4 Å². The minimum Gasteiger partial charge on any atom is -0.493 e. The van der Waals surface area contributed by atoms with Gasteiger partial charge in [-0.3, -0.25) is 0 Å². The number of para-hydroxylation sites is 1. The van der Waals surface area contributed by atoms with Crippen molar-refractivity contribution in [1.82, 2.24) is 4.98 Å². The van der Waals surface area contributed by atoms with E-state index >= 15 is 0 Å². The fourth-order valence-corrected chi connectivity index (χ4v) is 2.70. The Morgan fingerprint density at radius 3 is 2.89 bits per heavy atom. The van der Waals surface area contributed by atoms with Crippen molar-refractivity contribution in [2.24, 2.45) is 5.73 Å². The van der Waals surface area contributed by atoms with E-state index < -0.39 is 0 Å². The Balaban J connectivity index is 2.28. The Morgan fingerprint density at radius 1 is 1.39 bits per heavy atom. The van der Waals surface area contributed by atoms with Crippen LogP contribution >= 0.6 is 11.3 Å². The first-order valence-electron chi connectivity index (χ1n) is 6.13. The van der Waals surface area contributed by atoms with Crippen LogP contribution in [0.4, 0.5) is 0 Å². The summed E-state index contributed by atoms with van der Waals surface area (Å²) in [6.45, 7) is 4.64. The van der Waals surface area contributed by atoms with E-state index in [0.29, 0.717) is 6.61 Å². The molecule has 0 aliphatic heterocycles. The molecule has 3 nitrogen and oxygen atoms in total. The third kappa shape index (κ3) is 3.09. The number of thiazole rings is 1.